The van der Waals surface area contributed by atoms with Gasteiger partial charge in [-0.25, -0.2) is 14.4 Å². The van der Waals surface area contributed by atoms with Gasteiger partial charge in [0, 0.05) is 12.8 Å². The molecular weight excluding hydrogens is 1210 g/mol. The summed E-state index contributed by atoms with van der Waals surface area (Å²) in [6.07, 6.45) is 25.7. The largest absolute Gasteiger partial charge is 0.499 e. The Morgan fingerprint density at radius 2 is 0.798 bits per heavy atom. The van der Waals surface area contributed by atoms with Gasteiger partial charge in [-0.3, -0.25) is 9.59 Å². The predicted octanol–water partition coefficient (Wildman–Crippen LogP) is 13.5. The highest BCUT2D eigenvalue weighted by Gasteiger charge is 2.49. The van der Waals surface area contributed by atoms with Crippen LogP contribution in [-0.4, -0.2) is 118 Å². The molecule has 1 fully saturated rings. The summed E-state index contributed by atoms with van der Waals surface area (Å²) >= 11 is 0. The van der Waals surface area contributed by atoms with Crippen LogP contribution in [0.15, 0.2) is 126 Å². The molecule has 4 aliphatic heterocycles. The van der Waals surface area contributed by atoms with Crippen molar-refractivity contribution in [3.8, 4) is 0 Å². The summed E-state index contributed by atoms with van der Waals surface area (Å²) in [5.41, 5.74) is 2.59. The van der Waals surface area contributed by atoms with Crippen LogP contribution < -0.4 is 0 Å². The highest BCUT2D eigenvalue weighted by atomic mass is 16.8. The molecule has 0 saturated carbocycles. The fourth-order valence-corrected chi connectivity index (χ4v) is 10.9. The molecule has 0 aromatic heterocycles. The first-order valence-corrected chi connectivity index (χ1v) is 34.4. The highest BCUT2D eigenvalue weighted by molar-refractivity contribution is 5.93. The molecule has 4 aliphatic rings. The first kappa shape index (κ1) is 77.9. The van der Waals surface area contributed by atoms with Crippen molar-refractivity contribution in [2.45, 2.75) is 270 Å². The molecule has 0 bridgehead atoms. The number of aliphatic hydroxyl groups excluding tert-OH is 5. The quantitative estimate of drug-likeness (QED) is 0.0200. The number of rotatable bonds is 44. The van der Waals surface area contributed by atoms with Crippen molar-refractivity contribution in [3.05, 3.63) is 142 Å². The van der Waals surface area contributed by atoms with Gasteiger partial charge < -0.3 is 72.9 Å². The van der Waals surface area contributed by atoms with E-state index in [9.17, 15) is 44.4 Å². The lowest BCUT2D eigenvalue weighted by atomic mass is 10.0. The third kappa shape index (κ3) is 28.6. The van der Waals surface area contributed by atoms with Crippen molar-refractivity contribution in [2.24, 2.45) is 0 Å². The Bertz CT molecular complexity index is 2760. The lowest BCUT2D eigenvalue weighted by Crippen LogP contribution is -2.33. The van der Waals surface area contributed by atoms with E-state index in [2.05, 4.69) is 13.8 Å². The van der Waals surface area contributed by atoms with Crippen LogP contribution in [0, 0.1) is 0 Å². The van der Waals surface area contributed by atoms with Gasteiger partial charge in [-0.2, -0.15) is 0 Å². The van der Waals surface area contributed by atoms with Gasteiger partial charge in [0.25, 0.3) is 11.5 Å². The number of carbonyl (C=O) groups excluding carboxylic acids is 5. The average molecular weight is 1320 g/mol. The first-order valence-electron chi connectivity index (χ1n) is 34.4. The van der Waals surface area contributed by atoms with E-state index in [1.807, 2.05) is 91.0 Å². The fourth-order valence-electron chi connectivity index (χ4n) is 10.9. The molecule has 0 radical (unpaired) electrons. The molecule has 4 heterocycles. The van der Waals surface area contributed by atoms with Crippen molar-refractivity contribution in [3.63, 3.8) is 0 Å². The molecular formula is C74H106O20. The summed E-state index contributed by atoms with van der Waals surface area (Å²) in [6, 6.07) is 28.0. The SMILES string of the molecule is CCCCCCCCCCCCCCCC(=O)OC1=C(OCc2ccccc2)[C@@H]([C@@H](O)CO)OC1=O.CCCCCCCCCCCCCCCC(=O)OC1=C(OCc2ccccc2)[C@@H]([C@@H]2COC(C)(C)O2)OC1=O.O=C1O[C@H]([C@@H](O)CO)C(OCc2ccccc2)=C1O. The Morgan fingerprint density at radius 3 is 1.17 bits per heavy atom. The van der Waals surface area contributed by atoms with E-state index in [-0.39, 0.29) is 68.1 Å². The number of unbranched alkanes of at least 4 members (excludes halogenated alkanes) is 24. The Labute approximate surface area is 556 Å². The van der Waals surface area contributed by atoms with Gasteiger partial charge in [-0.05, 0) is 43.4 Å². The molecule has 7 rings (SSSR count). The number of ether oxygens (including phenoxy) is 10. The van der Waals surface area contributed by atoms with Crippen LogP contribution in [0.25, 0.3) is 0 Å². The summed E-state index contributed by atoms with van der Waals surface area (Å²) in [6.45, 7) is 7.52. The van der Waals surface area contributed by atoms with E-state index < -0.39 is 91.2 Å². The molecule has 522 valence electrons. The van der Waals surface area contributed by atoms with E-state index in [0.29, 0.717) is 6.42 Å². The van der Waals surface area contributed by atoms with Gasteiger partial charge in [-0.15, -0.1) is 0 Å². The average Bonchev–Trinajstić information content (AvgIpc) is 1.66. The van der Waals surface area contributed by atoms with Crippen molar-refractivity contribution < 1.29 is 96.9 Å². The number of esters is 5. The van der Waals surface area contributed by atoms with Crippen LogP contribution in [0.3, 0.4) is 0 Å². The lowest BCUT2D eigenvalue weighted by Gasteiger charge is -2.22. The lowest BCUT2D eigenvalue weighted by molar-refractivity contribution is -0.164. The second-order valence-electron chi connectivity index (χ2n) is 24.7. The topological polar surface area (TPSA) is 279 Å². The Hall–Kier alpha value is -6.81. The molecule has 0 aliphatic carbocycles. The van der Waals surface area contributed by atoms with Crippen molar-refractivity contribution in [1.82, 2.24) is 0 Å². The number of aliphatic hydroxyl groups is 5. The molecule has 3 aromatic carbocycles. The van der Waals surface area contributed by atoms with Crippen molar-refractivity contribution >= 4 is 29.8 Å². The minimum absolute atomic E-state index is 0.0656. The summed E-state index contributed by atoms with van der Waals surface area (Å²) in [7, 11) is 0. The molecule has 3 aromatic rings. The molecule has 94 heavy (non-hydrogen) atoms. The van der Waals surface area contributed by atoms with Crippen LogP contribution in [-0.2, 0) is 91.2 Å². The fraction of sp³-hybridized carbons (Fsp3) is 0.608. The Balaban J connectivity index is 0.000000270. The van der Waals surface area contributed by atoms with Gasteiger partial charge in [-0.1, -0.05) is 259 Å². The van der Waals surface area contributed by atoms with E-state index in [4.69, 9.17) is 52.5 Å². The summed E-state index contributed by atoms with van der Waals surface area (Å²) in [4.78, 5) is 61.3. The van der Waals surface area contributed by atoms with Gasteiger partial charge >= 0.3 is 29.8 Å². The van der Waals surface area contributed by atoms with Gasteiger partial charge in [0.2, 0.25) is 5.76 Å². The predicted molar refractivity (Wildman–Crippen MR) is 351 cm³/mol. The number of hydrogen-bond donors (Lipinski definition) is 5. The molecule has 20 heteroatoms. The monoisotopic (exact) mass is 1310 g/mol. The van der Waals surface area contributed by atoms with Crippen molar-refractivity contribution in [1.29, 1.82) is 0 Å². The zero-order chi connectivity index (χ0) is 67.8. The third-order valence-corrected chi connectivity index (χ3v) is 16.3. The first-order chi connectivity index (χ1) is 45.6. The molecule has 1 saturated heterocycles. The summed E-state index contributed by atoms with van der Waals surface area (Å²) in [5.74, 6) is -5.57. The van der Waals surface area contributed by atoms with Crippen LogP contribution >= 0.6 is 0 Å². The highest BCUT2D eigenvalue weighted by Crippen LogP contribution is 2.36. The molecule has 0 amide bonds. The number of hydrogen-bond acceptors (Lipinski definition) is 20. The normalized spacial score (nSPS) is 18.7. The van der Waals surface area contributed by atoms with Crippen LogP contribution in [0.2, 0.25) is 0 Å². The zero-order valence-corrected chi connectivity index (χ0v) is 56.0. The molecule has 5 N–H and O–H groups in total. The smallest absolute Gasteiger partial charge is 0.378 e. The van der Waals surface area contributed by atoms with Gasteiger partial charge in [0.15, 0.2) is 41.4 Å². The maximum atomic E-state index is 12.7. The summed E-state index contributed by atoms with van der Waals surface area (Å²) in [5, 5.41) is 47.3. The Morgan fingerprint density at radius 1 is 0.468 bits per heavy atom. The minimum atomic E-state index is -1.38. The summed E-state index contributed by atoms with van der Waals surface area (Å²) < 4.78 is 54.9. The van der Waals surface area contributed by atoms with E-state index >= 15 is 0 Å². The maximum Gasteiger partial charge on any atom is 0.378 e. The zero-order valence-electron chi connectivity index (χ0n) is 56.0. The van der Waals surface area contributed by atoms with E-state index in [1.165, 1.54) is 128 Å². The molecule has 20 nitrogen and oxygen atoms in total. The van der Waals surface area contributed by atoms with E-state index in [0.717, 1.165) is 48.8 Å². The van der Waals surface area contributed by atoms with E-state index in [1.54, 1.807) is 13.8 Å². The van der Waals surface area contributed by atoms with Gasteiger partial charge in [0.05, 0.1) is 19.8 Å². The second-order valence-corrected chi connectivity index (χ2v) is 24.7. The van der Waals surface area contributed by atoms with Crippen LogP contribution in [0.5, 0.6) is 0 Å². The minimum Gasteiger partial charge on any atom is -0.499 e. The standard InChI is InChI=1S/C32H48O7.C29H44O7.C13H14O6/c1-4-5-6-7-8-9-10-11-12-13-14-15-19-22-27(33)37-30-29(35-23-25-20-17-16-18-21-25)28(38-31(30)34)26-24-36-32(2,3)39-26;1-2-3-4-5-6-7-8-9-10-11-12-13-17-20-25(32)35-28-27(26(24(31)21-30)36-29(28)33)34-22-23-18-15-14-16-19-23;14-6-9(15)11-12(10(16)13(17)19-11)18-7-8-4-2-1-3-5-8/h16-18,20-21,26,28H,4-15,19,22-24H2,1-3H3;14-16,18-19,24,26,30-31H,2-13,17,20-22H2,1H3;1-5,9,11,14-16H,6-7H2/t26-,28+;24-,26+;9-,11+/m000/s1. The third-order valence-electron chi connectivity index (χ3n) is 16.3. The maximum absolute atomic E-state index is 12.7. The Kier molecular flexibility index (Phi) is 37.1. The second kappa shape index (κ2) is 44.8. The number of cyclic esters (lactones) is 3. The molecule has 0 unspecified atom stereocenters. The molecule has 0 spiro atoms. The number of carbonyl (C=O) groups is 5. The van der Waals surface area contributed by atoms with Crippen molar-refractivity contribution in [2.75, 3.05) is 19.8 Å². The van der Waals surface area contributed by atoms with Crippen LogP contribution in [0.1, 0.15) is 224 Å². The van der Waals surface area contributed by atoms with Crippen LogP contribution in [0.4, 0.5) is 0 Å². The number of benzene rings is 3. The van der Waals surface area contributed by atoms with Gasteiger partial charge in [0.1, 0.15) is 38.1 Å². The molecule has 6 atom stereocenters.